The minimum absolute atomic E-state index is 0.000805. The first-order valence-corrected chi connectivity index (χ1v) is 10.9. The van der Waals surface area contributed by atoms with Crippen LogP contribution in [-0.2, 0) is 14.3 Å². The second kappa shape index (κ2) is 9.43. The molecule has 2 aromatic rings. The van der Waals surface area contributed by atoms with E-state index in [-0.39, 0.29) is 23.7 Å². The lowest BCUT2D eigenvalue weighted by molar-refractivity contribution is -0.141. The predicted molar refractivity (Wildman–Crippen MR) is 118 cm³/mol. The summed E-state index contributed by atoms with van der Waals surface area (Å²) in [6, 6.07) is 16.3. The highest BCUT2D eigenvalue weighted by Gasteiger charge is 2.32. The van der Waals surface area contributed by atoms with Crippen LogP contribution in [0.2, 0.25) is 0 Å². The molecule has 0 aromatic heterocycles. The molecule has 0 bridgehead atoms. The van der Waals surface area contributed by atoms with Gasteiger partial charge in [-0.15, -0.1) is 0 Å². The molecule has 2 aliphatic heterocycles. The van der Waals surface area contributed by atoms with E-state index in [0.717, 1.165) is 49.0 Å². The fourth-order valence-electron chi connectivity index (χ4n) is 4.44. The van der Waals surface area contributed by atoms with Gasteiger partial charge in [-0.05, 0) is 55.9 Å². The van der Waals surface area contributed by atoms with Crippen molar-refractivity contribution in [3.63, 3.8) is 0 Å². The van der Waals surface area contributed by atoms with Gasteiger partial charge in [0.15, 0.2) is 0 Å². The van der Waals surface area contributed by atoms with Gasteiger partial charge in [0.1, 0.15) is 0 Å². The van der Waals surface area contributed by atoms with Gasteiger partial charge in [0.2, 0.25) is 11.8 Å². The van der Waals surface area contributed by atoms with Gasteiger partial charge >= 0.3 is 0 Å². The van der Waals surface area contributed by atoms with Gasteiger partial charge in [-0.1, -0.05) is 42.0 Å². The van der Waals surface area contributed by atoms with Crippen LogP contribution >= 0.6 is 0 Å². The third kappa shape index (κ3) is 4.90. The number of nitrogens with one attached hydrogen (secondary N) is 1. The minimum atomic E-state index is -0.162. The Kier molecular flexibility index (Phi) is 6.48. The van der Waals surface area contributed by atoms with Gasteiger partial charge < -0.3 is 15.0 Å². The summed E-state index contributed by atoms with van der Waals surface area (Å²) in [5.74, 6) is 0.0786. The van der Waals surface area contributed by atoms with Crippen molar-refractivity contribution in [3.05, 3.63) is 54.1 Å². The van der Waals surface area contributed by atoms with Crippen LogP contribution < -0.4 is 5.32 Å². The molecule has 2 heterocycles. The zero-order valence-corrected chi connectivity index (χ0v) is 17.6. The van der Waals surface area contributed by atoms with Gasteiger partial charge in [0, 0.05) is 37.9 Å². The molecule has 0 aliphatic carbocycles. The van der Waals surface area contributed by atoms with Crippen molar-refractivity contribution in [2.75, 3.05) is 31.6 Å². The zero-order chi connectivity index (χ0) is 20.9. The Labute approximate surface area is 178 Å². The summed E-state index contributed by atoms with van der Waals surface area (Å²) in [5, 5.41) is 3.08. The number of hydrogen-bond acceptors (Lipinski definition) is 3. The van der Waals surface area contributed by atoms with Gasteiger partial charge in [-0.25, -0.2) is 0 Å². The molecule has 2 saturated heterocycles. The predicted octanol–water partition coefficient (Wildman–Crippen LogP) is 4.27. The topological polar surface area (TPSA) is 58.6 Å². The molecule has 4 rings (SSSR count). The van der Waals surface area contributed by atoms with E-state index in [4.69, 9.17) is 4.74 Å². The maximum Gasteiger partial charge on any atom is 0.229 e. The standard InChI is InChI=1S/C25H30N2O3/c1-18-5-2-6-20(15-18)21-7-3-9-23(16-21)26-24(28)22-8-4-12-27(17-22)25(29)19-10-13-30-14-11-19/h2-3,5-7,9,15-16,19,22H,4,8,10-14,17H2,1H3,(H,26,28)/t22-/m1/s1. The average Bonchev–Trinajstić information content (AvgIpc) is 2.79. The van der Waals surface area contributed by atoms with E-state index in [9.17, 15) is 9.59 Å². The van der Waals surface area contributed by atoms with E-state index < -0.39 is 0 Å². The number of anilines is 1. The molecule has 2 aromatic carbocycles. The number of ether oxygens (including phenoxy) is 1. The zero-order valence-electron chi connectivity index (χ0n) is 17.6. The Morgan fingerprint density at radius 3 is 2.47 bits per heavy atom. The highest BCUT2D eigenvalue weighted by Crippen LogP contribution is 2.26. The summed E-state index contributed by atoms with van der Waals surface area (Å²) in [5.41, 5.74) is 4.22. The molecule has 158 valence electrons. The van der Waals surface area contributed by atoms with Crippen LogP contribution in [0.15, 0.2) is 48.5 Å². The van der Waals surface area contributed by atoms with E-state index in [1.54, 1.807) is 0 Å². The third-order valence-electron chi connectivity index (χ3n) is 6.16. The molecule has 30 heavy (non-hydrogen) atoms. The van der Waals surface area contributed by atoms with Crippen molar-refractivity contribution in [3.8, 4) is 11.1 Å². The highest BCUT2D eigenvalue weighted by atomic mass is 16.5. The fourth-order valence-corrected chi connectivity index (χ4v) is 4.44. The van der Waals surface area contributed by atoms with E-state index in [1.165, 1.54) is 5.56 Å². The summed E-state index contributed by atoms with van der Waals surface area (Å²) in [6.07, 6.45) is 3.27. The second-order valence-corrected chi connectivity index (χ2v) is 8.45. The number of likely N-dealkylation sites (tertiary alicyclic amines) is 1. The number of carbonyl (C=O) groups is 2. The third-order valence-corrected chi connectivity index (χ3v) is 6.16. The van der Waals surface area contributed by atoms with Crippen molar-refractivity contribution in [2.45, 2.75) is 32.6 Å². The molecule has 0 saturated carbocycles. The Morgan fingerprint density at radius 1 is 0.967 bits per heavy atom. The Morgan fingerprint density at radius 2 is 1.70 bits per heavy atom. The maximum atomic E-state index is 12.9. The van der Waals surface area contributed by atoms with Crippen molar-refractivity contribution < 1.29 is 14.3 Å². The number of piperidine rings is 1. The quantitative estimate of drug-likeness (QED) is 0.825. The first-order chi connectivity index (χ1) is 14.6. The van der Waals surface area contributed by atoms with Gasteiger partial charge in [-0.2, -0.15) is 0 Å². The summed E-state index contributed by atoms with van der Waals surface area (Å²) in [7, 11) is 0. The molecular formula is C25H30N2O3. The number of nitrogens with zero attached hydrogens (tertiary/aromatic N) is 1. The first kappa shape index (κ1) is 20.6. The summed E-state index contributed by atoms with van der Waals surface area (Å²) in [6.45, 7) is 4.66. The maximum absolute atomic E-state index is 12.9. The van der Waals surface area contributed by atoms with Crippen molar-refractivity contribution >= 4 is 17.5 Å². The minimum Gasteiger partial charge on any atom is -0.381 e. The van der Waals surface area contributed by atoms with Crippen molar-refractivity contribution in [2.24, 2.45) is 11.8 Å². The Hall–Kier alpha value is -2.66. The lowest BCUT2D eigenvalue weighted by atomic mass is 9.93. The molecule has 0 radical (unpaired) electrons. The molecule has 5 heteroatoms. The van der Waals surface area contributed by atoms with Crippen LogP contribution in [0.4, 0.5) is 5.69 Å². The highest BCUT2D eigenvalue weighted by molar-refractivity contribution is 5.94. The smallest absolute Gasteiger partial charge is 0.229 e. The van der Waals surface area contributed by atoms with Crippen LogP contribution in [0.5, 0.6) is 0 Å². The Bertz CT molecular complexity index is 905. The largest absolute Gasteiger partial charge is 0.381 e. The second-order valence-electron chi connectivity index (χ2n) is 8.45. The molecular weight excluding hydrogens is 376 g/mol. The lowest BCUT2D eigenvalue weighted by Crippen LogP contribution is -2.46. The fraction of sp³-hybridized carbons (Fsp3) is 0.440. The van der Waals surface area contributed by atoms with Crippen LogP contribution in [-0.4, -0.2) is 43.0 Å². The summed E-state index contributed by atoms with van der Waals surface area (Å²) in [4.78, 5) is 27.7. The van der Waals surface area contributed by atoms with Crippen LogP contribution in [0.25, 0.3) is 11.1 Å². The molecule has 2 amide bonds. The summed E-state index contributed by atoms with van der Waals surface area (Å²) < 4.78 is 5.38. The van der Waals surface area contributed by atoms with E-state index in [1.807, 2.05) is 29.2 Å². The van der Waals surface area contributed by atoms with Crippen LogP contribution in [0, 0.1) is 18.8 Å². The normalized spacial score (nSPS) is 20.0. The molecule has 2 aliphatic rings. The van der Waals surface area contributed by atoms with Gasteiger partial charge in [0.25, 0.3) is 0 Å². The lowest BCUT2D eigenvalue weighted by Gasteiger charge is -2.35. The van der Waals surface area contributed by atoms with Crippen molar-refractivity contribution in [1.82, 2.24) is 4.90 Å². The van der Waals surface area contributed by atoms with E-state index >= 15 is 0 Å². The SMILES string of the molecule is Cc1cccc(-c2cccc(NC(=O)[C@@H]3CCCN(C(=O)C4CCOCC4)C3)c2)c1. The first-order valence-electron chi connectivity index (χ1n) is 10.9. The number of rotatable bonds is 4. The summed E-state index contributed by atoms with van der Waals surface area (Å²) >= 11 is 0. The van der Waals surface area contributed by atoms with E-state index in [2.05, 4.69) is 36.5 Å². The molecule has 2 fully saturated rings. The molecule has 1 N–H and O–H groups in total. The van der Waals surface area contributed by atoms with Gasteiger partial charge in [0.05, 0.1) is 5.92 Å². The molecule has 0 spiro atoms. The number of amides is 2. The number of benzene rings is 2. The molecule has 0 unspecified atom stereocenters. The van der Waals surface area contributed by atoms with E-state index in [0.29, 0.717) is 19.8 Å². The van der Waals surface area contributed by atoms with Crippen LogP contribution in [0.1, 0.15) is 31.2 Å². The van der Waals surface area contributed by atoms with Crippen LogP contribution in [0.3, 0.4) is 0 Å². The Balaban J connectivity index is 1.40. The molecule has 5 nitrogen and oxygen atoms in total. The monoisotopic (exact) mass is 406 g/mol. The van der Waals surface area contributed by atoms with Crippen molar-refractivity contribution in [1.29, 1.82) is 0 Å². The van der Waals surface area contributed by atoms with Gasteiger partial charge in [-0.3, -0.25) is 9.59 Å². The molecule has 1 atom stereocenters. The number of carbonyl (C=O) groups excluding carboxylic acids is 2. The average molecular weight is 407 g/mol. The number of hydrogen-bond donors (Lipinski definition) is 1. The number of aryl methyl sites for hydroxylation is 1.